The first-order valence-electron chi connectivity index (χ1n) is 9.93. The SMILES string of the molecule is O=C(c1ccccc1-n1cnnc1)N1CCN2[C@@H](COC[C@@H]2c2ccccc2)C1. The van der Waals surface area contributed by atoms with Gasteiger partial charge in [-0.2, -0.15) is 0 Å². The van der Waals surface area contributed by atoms with Crippen LogP contribution in [0.3, 0.4) is 0 Å². The Labute approximate surface area is 169 Å². The summed E-state index contributed by atoms with van der Waals surface area (Å²) >= 11 is 0. The molecule has 0 radical (unpaired) electrons. The summed E-state index contributed by atoms with van der Waals surface area (Å²) in [6.45, 7) is 3.56. The number of hydrogen-bond donors (Lipinski definition) is 0. The number of benzene rings is 2. The largest absolute Gasteiger partial charge is 0.378 e. The first-order chi connectivity index (χ1) is 14.3. The Bertz CT molecular complexity index is 976. The van der Waals surface area contributed by atoms with Crippen molar-refractivity contribution in [2.75, 3.05) is 32.8 Å². The van der Waals surface area contributed by atoms with Crippen LogP contribution in [-0.4, -0.2) is 69.4 Å². The fraction of sp³-hybridized carbons (Fsp3) is 0.318. The van der Waals surface area contributed by atoms with Gasteiger partial charge in [0.25, 0.3) is 5.91 Å². The zero-order valence-electron chi connectivity index (χ0n) is 16.1. The third-order valence-electron chi connectivity index (χ3n) is 5.82. The Kier molecular flexibility index (Phi) is 4.83. The lowest BCUT2D eigenvalue weighted by Crippen LogP contribution is -2.60. The number of carbonyl (C=O) groups excluding carboxylic acids is 1. The zero-order valence-corrected chi connectivity index (χ0v) is 16.1. The van der Waals surface area contributed by atoms with E-state index in [9.17, 15) is 4.79 Å². The molecule has 5 rings (SSSR count). The summed E-state index contributed by atoms with van der Waals surface area (Å²) in [5.74, 6) is 0.0378. The number of piperazine rings is 1. The molecule has 3 aromatic rings. The minimum Gasteiger partial charge on any atom is -0.378 e. The molecule has 2 atom stereocenters. The average molecular weight is 389 g/mol. The molecular formula is C22H23N5O2. The van der Waals surface area contributed by atoms with E-state index in [1.807, 2.05) is 35.2 Å². The lowest BCUT2D eigenvalue weighted by atomic mass is 9.99. The highest BCUT2D eigenvalue weighted by Crippen LogP contribution is 2.30. The van der Waals surface area contributed by atoms with Gasteiger partial charge in [0.2, 0.25) is 0 Å². The minimum atomic E-state index is 0.0378. The van der Waals surface area contributed by atoms with E-state index in [-0.39, 0.29) is 18.0 Å². The maximum Gasteiger partial charge on any atom is 0.256 e. The van der Waals surface area contributed by atoms with Crippen LogP contribution in [0, 0.1) is 0 Å². The number of fused-ring (bicyclic) bond motifs is 1. The highest BCUT2D eigenvalue weighted by Gasteiger charge is 2.38. The molecule has 3 heterocycles. The fourth-order valence-electron chi connectivity index (χ4n) is 4.36. The Morgan fingerprint density at radius 1 is 0.931 bits per heavy atom. The molecule has 1 aromatic heterocycles. The highest BCUT2D eigenvalue weighted by atomic mass is 16.5. The summed E-state index contributed by atoms with van der Waals surface area (Å²) in [6, 6.07) is 18.5. The van der Waals surface area contributed by atoms with Crippen LogP contribution in [-0.2, 0) is 4.74 Å². The van der Waals surface area contributed by atoms with Crippen molar-refractivity contribution in [3.05, 3.63) is 78.4 Å². The predicted molar refractivity (Wildman–Crippen MR) is 108 cm³/mol. The number of morpholine rings is 1. The Morgan fingerprint density at radius 3 is 2.52 bits per heavy atom. The molecule has 0 aliphatic carbocycles. The second kappa shape index (κ2) is 7.77. The van der Waals surface area contributed by atoms with E-state index in [1.165, 1.54) is 5.56 Å². The van der Waals surface area contributed by atoms with Crippen LogP contribution >= 0.6 is 0 Å². The van der Waals surface area contributed by atoms with Crippen molar-refractivity contribution >= 4 is 5.91 Å². The minimum absolute atomic E-state index is 0.0378. The summed E-state index contributed by atoms with van der Waals surface area (Å²) in [4.78, 5) is 17.8. The Balaban J connectivity index is 1.36. The molecule has 0 bridgehead atoms. The number of aromatic nitrogens is 3. The summed E-state index contributed by atoms with van der Waals surface area (Å²) in [6.07, 6.45) is 3.23. The summed E-state index contributed by atoms with van der Waals surface area (Å²) in [5.41, 5.74) is 2.74. The number of amides is 1. The van der Waals surface area contributed by atoms with Gasteiger partial charge >= 0.3 is 0 Å². The van der Waals surface area contributed by atoms with E-state index >= 15 is 0 Å². The molecule has 2 fully saturated rings. The molecule has 0 N–H and O–H groups in total. The van der Waals surface area contributed by atoms with E-state index in [0.29, 0.717) is 31.9 Å². The number of nitrogens with zero attached hydrogens (tertiary/aromatic N) is 5. The molecule has 2 saturated heterocycles. The highest BCUT2D eigenvalue weighted by molar-refractivity contribution is 5.97. The normalized spacial score (nSPS) is 22.3. The molecule has 1 amide bonds. The quantitative estimate of drug-likeness (QED) is 0.687. The predicted octanol–water partition coefficient (Wildman–Crippen LogP) is 2.17. The molecule has 2 aliphatic rings. The van der Waals surface area contributed by atoms with Gasteiger partial charge in [0.15, 0.2) is 0 Å². The summed E-state index contributed by atoms with van der Waals surface area (Å²) in [5, 5.41) is 7.73. The van der Waals surface area contributed by atoms with Gasteiger partial charge in [0, 0.05) is 19.6 Å². The number of carbonyl (C=O) groups is 1. The van der Waals surface area contributed by atoms with Crippen molar-refractivity contribution in [2.24, 2.45) is 0 Å². The molecule has 0 saturated carbocycles. The second-order valence-corrected chi connectivity index (χ2v) is 7.49. The molecule has 29 heavy (non-hydrogen) atoms. The van der Waals surface area contributed by atoms with Gasteiger partial charge in [-0.25, -0.2) is 0 Å². The fourth-order valence-corrected chi connectivity index (χ4v) is 4.36. The van der Waals surface area contributed by atoms with E-state index in [2.05, 4.69) is 39.4 Å². The molecule has 0 unspecified atom stereocenters. The van der Waals surface area contributed by atoms with Gasteiger partial charge in [0.05, 0.1) is 36.5 Å². The van der Waals surface area contributed by atoms with E-state index in [4.69, 9.17) is 4.74 Å². The van der Waals surface area contributed by atoms with Crippen molar-refractivity contribution in [2.45, 2.75) is 12.1 Å². The molecule has 0 spiro atoms. The van der Waals surface area contributed by atoms with Crippen LogP contribution in [0.15, 0.2) is 67.3 Å². The van der Waals surface area contributed by atoms with Crippen molar-refractivity contribution in [3.63, 3.8) is 0 Å². The van der Waals surface area contributed by atoms with Crippen LogP contribution in [0.1, 0.15) is 22.0 Å². The van der Waals surface area contributed by atoms with Crippen LogP contribution in [0.2, 0.25) is 0 Å². The molecule has 148 valence electrons. The van der Waals surface area contributed by atoms with Gasteiger partial charge in [-0.15, -0.1) is 10.2 Å². The first kappa shape index (κ1) is 18.0. The van der Waals surface area contributed by atoms with Crippen molar-refractivity contribution < 1.29 is 9.53 Å². The van der Waals surface area contributed by atoms with Gasteiger partial charge in [0.1, 0.15) is 12.7 Å². The zero-order chi connectivity index (χ0) is 19.6. The maximum atomic E-state index is 13.4. The first-order valence-corrected chi connectivity index (χ1v) is 9.93. The molecular weight excluding hydrogens is 366 g/mol. The third kappa shape index (κ3) is 3.43. The maximum absolute atomic E-state index is 13.4. The Morgan fingerprint density at radius 2 is 1.69 bits per heavy atom. The van der Waals surface area contributed by atoms with E-state index in [1.54, 1.807) is 17.2 Å². The molecule has 7 nitrogen and oxygen atoms in total. The van der Waals surface area contributed by atoms with Crippen LogP contribution < -0.4 is 0 Å². The smallest absolute Gasteiger partial charge is 0.256 e. The lowest BCUT2D eigenvalue weighted by Gasteiger charge is -2.48. The van der Waals surface area contributed by atoms with Gasteiger partial charge < -0.3 is 9.64 Å². The van der Waals surface area contributed by atoms with Crippen molar-refractivity contribution in [1.82, 2.24) is 24.6 Å². The summed E-state index contributed by atoms with van der Waals surface area (Å²) < 4.78 is 7.70. The van der Waals surface area contributed by atoms with Crippen LogP contribution in [0.4, 0.5) is 0 Å². The topological polar surface area (TPSA) is 63.5 Å². The number of rotatable bonds is 3. The van der Waals surface area contributed by atoms with Gasteiger partial charge in [-0.05, 0) is 17.7 Å². The molecule has 2 aliphatic heterocycles. The van der Waals surface area contributed by atoms with E-state index in [0.717, 1.165) is 12.2 Å². The number of hydrogen-bond acceptors (Lipinski definition) is 5. The molecule has 2 aromatic carbocycles. The number of para-hydroxylation sites is 1. The van der Waals surface area contributed by atoms with Gasteiger partial charge in [-0.1, -0.05) is 42.5 Å². The van der Waals surface area contributed by atoms with Gasteiger partial charge in [-0.3, -0.25) is 14.3 Å². The van der Waals surface area contributed by atoms with Crippen LogP contribution in [0.25, 0.3) is 5.69 Å². The average Bonchev–Trinajstić information content (AvgIpc) is 3.33. The lowest BCUT2D eigenvalue weighted by molar-refractivity contribution is -0.0770. The standard InChI is InChI=1S/C22H23N5O2/c28-22(19-8-4-5-9-20(19)26-15-23-24-16-26)25-10-11-27-18(12-25)13-29-14-21(27)17-6-2-1-3-7-17/h1-9,15-16,18,21H,10-14H2/t18-,21-/m1/s1. The van der Waals surface area contributed by atoms with Crippen molar-refractivity contribution in [3.8, 4) is 5.69 Å². The van der Waals surface area contributed by atoms with Crippen molar-refractivity contribution in [1.29, 1.82) is 0 Å². The second-order valence-electron chi connectivity index (χ2n) is 7.49. The Hall–Kier alpha value is -3.03. The number of ether oxygens (including phenoxy) is 1. The van der Waals surface area contributed by atoms with Crippen LogP contribution in [0.5, 0.6) is 0 Å². The van der Waals surface area contributed by atoms with E-state index < -0.39 is 0 Å². The molecule has 7 heteroatoms. The summed E-state index contributed by atoms with van der Waals surface area (Å²) in [7, 11) is 0. The monoisotopic (exact) mass is 389 g/mol. The third-order valence-corrected chi connectivity index (χ3v) is 5.82.